The lowest BCUT2D eigenvalue weighted by molar-refractivity contribution is 0.0603. The molecule has 0 aliphatic heterocycles. The monoisotopic (exact) mass is 244 g/mol. The molecular weight excluding hydrogens is 232 g/mol. The number of hydrogen-bond acceptors (Lipinski definition) is 4. The first-order chi connectivity index (χ1) is 8.76. The van der Waals surface area contributed by atoms with Crippen LogP contribution in [-0.2, 0) is 4.74 Å². The van der Waals surface area contributed by atoms with Crippen molar-refractivity contribution in [3.63, 3.8) is 0 Å². The SMILES string of the molecule is COC(=O)c1cc(C#CCCO)cc2[nH]ncc12. The van der Waals surface area contributed by atoms with E-state index < -0.39 is 5.97 Å². The summed E-state index contributed by atoms with van der Waals surface area (Å²) in [6, 6.07) is 3.47. The molecule has 5 nitrogen and oxygen atoms in total. The van der Waals surface area contributed by atoms with Crippen LogP contribution in [0.4, 0.5) is 0 Å². The Bertz CT molecular complexity index is 634. The maximum Gasteiger partial charge on any atom is 0.338 e. The molecule has 92 valence electrons. The Morgan fingerprint density at radius 2 is 2.39 bits per heavy atom. The Morgan fingerprint density at radius 3 is 3.11 bits per heavy atom. The molecule has 18 heavy (non-hydrogen) atoms. The number of hydrogen-bond donors (Lipinski definition) is 2. The van der Waals surface area contributed by atoms with E-state index in [-0.39, 0.29) is 6.61 Å². The molecule has 0 atom stereocenters. The summed E-state index contributed by atoms with van der Waals surface area (Å²) in [6.45, 7) is 0.0170. The van der Waals surface area contributed by atoms with E-state index in [0.29, 0.717) is 22.9 Å². The van der Waals surface area contributed by atoms with E-state index in [4.69, 9.17) is 9.84 Å². The van der Waals surface area contributed by atoms with E-state index in [0.717, 1.165) is 5.52 Å². The second kappa shape index (κ2) is 5.34. The van der Waals surface area contributed by atoms with Crippen LogP contribution >= 0.6 is 0 Å². The van der Waals surface area contributed by atoms with Crippen molar-refractivity contribution in [2.24, 2.45) is 0 Å². The molecule has 0 saturated heterocycles. The minimum Gasteiger partial charge on any atom is -0.465 e. The summed E-state index contributed by atoms with van der Waals surface area (Å²) in [5, 5.41) is 16.1. The third-order valence-corrected chi connectivity index (χ3v) is 2.43. The molecule has 1 aromatic heterocycles. The second-order valence-corrected chi connectivity index (χ2v) is 3.62. The van der Waals surface area contributed by atoms with E-state index in [1.807, 2.05) is 0 Å². The predicted molar refractivity (Wildman–Crippen MR) is 66.0 cm³/mol. The molecule has 1 aromatic carbocycles. The molecule has 1 heterocycles. The number of esters is 1. The molecule has 0 aliphatic carbocycles. The van der Waals surface area contributed by atoms with E-state index in [1.165, 1.54) is 7.11 Å². The minimum absolute atomic E-state index is 0.0170. The van der Waals surface area contributed by atoms with Gasteiger partial charge in [0, 0.05) is 17.4 Å². The van der Waals surface area contributed by atoms with Gasteiger partial charge in [-0.25, -0.2) is 4.79 Å². The van der Waals surface area contributed by atoms with Crippen LogP contribution in [0.15, 0.2) is 18.3 Å². The number of aromatic nitrogens is 2. The van der Waals surface area contributed by atoms with Crippen LogP contribution < -0.4 is 0 Å². The van der Waals surface area contributed by atoms with Crippen LogP contribution in [0.2, 0.25) is 0 Å². The zero-order chi connectivity index (χ0) is 13.0. The van der Waals surface area contributed by atoms with Gasteiger partial charge in [-0.2, -0.15) is 5.10 Å². The summed E-state index contributed by atoms with van der Waals surface area (Å²) in [6.07, 6.45) is 1.97. The van der Waals surface area contributed by atoms with Crippen molar-refractivity contribution in [3.05, 3.63) is 29.5 Å². The van der Waals surface area contributed by atoms with Gasteiger partial charge in [0.25, 0.3) is 0 Å². The zero-order valence-electron chi connectivity index (χ0n) is 9.86. The third kappa shape index (κ3) is 2.34. The highest BCUT2D eigenvalue weighted by atomic mass is 16.5. The molecule has 2 aromatic rings. The van der Waals surface area contributed by atoms with Gasteiger partial charge in [0.1, 0.15) is 0 Å². The Balaban J connectivity index is 2.51. The predicted octanol–water partition coefficient (Wildman–Crippen LogP) is 1.08. The van der Waals surface area contributed by atoms with Gasteiger partial charge in [0.05, 0.1) is 31.0 Å². The van der Waals surface area contributed by atoms with Crippen LogP contribution in [0.5, 0.6) is 0 Å². The first-order valence-electron chi connectivity index (χ1n) is 5.41. The highest BCUT2D eigenvalue weighted by molar-refractivity contribution is 6.03. The van der Waals surface area contributed by atoms with Crippen molar-refractivity contribution in [1.82, 2.24) is 10.2 Å². The van der Waals surface area contributed by atoms with Crippen molar-refractivity contribution >= 4 is 16.9 Å². The fraction of sp³-hybridized carbons (Fsp3) is 0.231. The first kappa shape index (κ1) is 12.1. The largest absolute Gasteiger partial charge is 0.465 e. The first-order valence-corrected chi connectivity index (χ1v) is 5.41. The maximum absolute atomic E-state index is 11.7. The Kier molecular flexibility index (Phi) is 3.60. The summed E-state index contributed by atoms with van der Waals surface area (Å²) >= 11 is 0. The van der Waals surface area contributed by atoms with Crippen molar-refractivity contribution in [2.45, 2.75) is 6.42 Å². The maximum atomic E-state index is 11.7. The molecule has 0 amide bonds. The zero-order valence-corrected chi connectivity index (χ0v) is 9.86. The van der Waals surface area contributed by atoms with E-state index >= 15 is 0 Å². The normalized spacial score (nSPS) is 9.89. The number of aliphatic hydroxyl groups excluding tert-OH is 1. The van der Waals surface area contributed by atoms with Gasteiger partial charge in [-0.1, -0.05) is 11.8 Å². The summed E-state index contributed by atoms with van der Waals surface area (Å²) < 4.78 is 4.73. The highest BCUT2D eigenvalue weighted by Crippen LogP contribution is 2.19. The molecule has 0 radical (unpaired) electrons. The molecule has 0 fully saturated rings. The molecular formula is C13H12N2O3. The number of H-pyrrole nitrogens is 1. The number of ether oxygens (including phenoxy) is 1. The molecule has 0 aliphatic rings. The standard InChI is InChI=1S/C13H12N2O3/c1-18-13(17)10-6-9(4-2-3-5-16)7-12-11(10)8-14-15-12/h6-8,16H,3,5H2,1H3,(H,14,15). The quantitative estimate of drug-likeness (QED) is 0.612. The lowest BCUT2D eigenvalue weighted by Gasteiger charge is -2.01. The number of fused-ring (bicyclic) bond motifs is 1. The van der Waals surface area contributed by atoms with E-state index in [2.05, 4.69) is 22.0 Å². The van der Waals surface area contributed by atoms with Crippen LogP contribution in [0.25, 0.3) is 10.9 Å². The third-order valence-electron chi connectivity index (χ3n) is 2.43. The Hall–Kier alpha value is -2.32. The Labute approximate surface area is 104 Å². The van der Waals surface area contributed by atoms with Crippen molar-refractivity contribution < 1.29 is 14.6 Å². The molecule has 2 N–H and O–H groups in total. The summed E-state index contributed by atoms with van der Waals surface area (Å²) in [7, 11) is 1.33. The van der Waals surface area contributed by atoms with Crippen molar-refractivity contribution in [2.75, 3.05) is 13.7 Å². The number of carbonyl (C=O) groups is 1. The number of nitrogens with one attached hydrogen (secondary N) is 1. The average Bonchev–Trinajstić information content (AvgIpc) is 2.85. The van der Waals surface area contributed by atoms with Crippen LogP contribution in [0.1, 0.15) is 22.3 Å². The van der Waals surface area contributed by atoms with Crippen LogP contribution in [-0.4, -0.2) is 35.0 Å². The number of aliphatic hydroxyl groups is 1. The number of aromatic amines is 1. The summed E-state index contributed by atoms with van der Waals surface area (Å²) in [5.74, 6) is 5.26. The smallest absolute Gasteiger partial charge is 0.338 e. The van der Waals surface area contributed by atoms with Crippen molar-refractivity contribution in [1.29, 1.82) is 0 Å². The average molecular weight is 244 g/mol. The van der Waals surface area contributed by atoms with Crippen LogP contribution in [0.3, 0.4) is 0 Å². The fourth-order valence-electron chi connectivity index (χ4n) is 1.62. The summed E-state index contributed by atoms with van der Waals surface area (Å²) in [4.78, 5) is 11.7. The second-order valence-electron chi connectivity index (χ2n) is 3.62. The van der Waals surface area contributed by atoms with Gasteiger partial charge in [0.15, 0.2) is 0 Å². The van der Waals surface area contributed by atoms with Gasteiger partial charge in [0.2, 0.25) is 0 Å². The van der Waals surface area contributed by atoms with Crippen molar-refractivity contribution in [3.8, 4) is 11.8 Å². The Morgan fingerprint density at radius 1 is 1.56 bits per heavy atom. The number of rotatable bonds is 2. The minimum atomic E-state index is -0.424. The molecule has 5 heteroatoms. The van der Waals surface area contributed by atoms with E-state index in [9.17, 15) is 4.79 Å². The van der Waals surface area contributed by atoms with Gasteiger partial charge < -0.3 is 9.84 Å². The van der Waals surface area contributed by atoms with Gasteiger partial charge in [-0.3, -0.25) is 5.10 Å². The number of benzene rings is 1. The summed E-state index contributed by atoms with van der Waals surface area (Å²) in [5.41, 5.74) is 1.84. The van der Waals surface area contributed by atoms with Gasteiger partial charge in [-0.05, 0) is 12.1 Å². The molecule has 2 rings (SSSR count). The number of nitrogens with zero attached hydrogens (tertiary/aromatic N) is 1. The topological polar surface area (TPSA) is 75.2 Å². The molecule has 0 unspecified atom stereocenters. The number of carbonyl (C=O) groups excluding carboxylic acids is 1. The lowest BCUT2D eigenvalue weighted by Crippen LogP contribution is -2.02. The van der Waals surface area contributed by atoms with E-state index in [1.54, 1.807) is 18.3 Å². The highest BCUT2D eigenvalue weighted by Gasteiger charge is 2.12. The molecule has 0 saturated carbocycles. The van der Waals surface area contributed by atoms with Crippen LogP contribution in [0, 0.1) is 11.8 Å². The van der Waals surface area contributed by atoms with Gasteiger partial charge in [-0.15, -0.1) is 0 Å². The fourth-order valence-corrected chi connectivity index (χ4v) is 1.62. The lowest BCUT2D eigenvalue weighted by atomic mass is 10.1. The molecule has 0 spiro atoms. The van der Waals surface area contributed by atoms with Gasteiger partial charge >= 0.3 is 5.97 Å². The number of methoxy groups -OCH3 is 1. The molecule has 0 bridgehead atoms.